The molecule has 3 heteroatoms. The van der Waals surface area contributed by atoms with Crippen molar-refractivity contribution < 1.29 is 0 Å². The fourth-order valence-corrected chi connectivity index (χ4v) is 2.23. The minimum absolute atomic E-state index is 0.724. The van der Waals surface area contributed by atoms with Crippen LogP contribution in [0.1, 0.15) is 17.5 Å². The molecule has 0 unspecified atom stereocenters. The molecule has 0 spiro atoms. The van der Waals surface area contributed by atoms with Crippen molar-refractivity contribution in [1.29, 1.82) is 0 Å². The molecule has 15 heavy (non-hydrogen) atoms. The molecule has 3 N–H and O–H groups in total. The number of aromatic amines is 1. The Balaban J connectivity index is 2.51. The Morgan fingerprint density at radius 3 is 3.00 bits per heavy atom. The number of nitrogens with two attached hydrogens (primary N) is 1. The van der Waals surface area contributed by atoms with Gasteiger partial charge in [-0.3, -0.25) is 0 Å². The molecule has 0 saturated heterocycles. The van der Waals surface area contributed by atoms with E-state index in [0.717, 1.165) is 29.9 Å². The molecular formula is C12H15ClN2. The molecule has 0 bridgehead atoms. The van der Waals surface area contributed by atoms with Gasteiger partial charge >= 0.3 is 0 Å². The van der Waals surface area contributed by atoms with E-state index in [-0.39, 0.29) is 0 Å². The largest absolute Gasteiger partial charge is 0.360 e. The summed E-state index contributed by atoms with van der Waals surface area (Å²) in [6.07, 6.45) is 3.94. The molecule has 1 aromatic carbocycles. The van der Waals surface area contributed by atoms with Gasteiger partial charge in [0.2, 0.25) is 0 Å². The third-order valence-corrected chi connectivity index (χ3v) is 3.12. The van der Waals surface area contributed by atoms with Gasteiger partial charge in [0, 0.05) is 11.6 Å². The second-order valence-corrected chi connectivity index (χ2v) is 4.21. The minimum atomic E-state index is 0.724. The summed E-state index contributed by atoms with van der Waals surface area (Å²) in [5.74, 6) is 0. The predicted octanol–water partition coefficient (Wildman–Crippen LogP) is 3.02. The highest BCUT2D eigenvalue weighted by Crippen LogP contribution is 2.28. The zero-order valence-electron chi connectivity index (χ0n) is 8.81. The van der Waals surface area contributed by atoms with Gasteiger partial charge in [-0.05, 0) is 49.6 Å². The summed E-state index contributed by atoms with van der Waals surface area (Å²) in [6.45, 7) is 2.86. The van der Waals surface area contributed by atoms with E-state index < -0.39 is 0 Å². The normalized spacial score (nSPS) is 11.1. The first-order chi connectivity index (χ1) is 7.24. The highest BCUT2D eigenvalue weighted by molar-refractivity contribution is 6.35. The zero-order chi connectivity index (χ0) is 10.8. The van der Waals surface area contributed by atoms with Crippen LogP contribution >= 0.6 is 11.6 Å². The minimum Gasteiger partial charge on any atom is -0.360 e. The van der Waals surface area contributed by atoms with Gasteiger partial charge in [0.25, 0.3) is 0 Å². The Kier molecular flexibility index (Phi) is 2.98. The van der Waals surface area contributed by atoms with Gasteiger partial charge in [0.05, 0.1) is 10.5 Å². The first kappa shape index (κ1) is 10.5. The Morgan fingerprint density at radius 1 is 1.47 bits per heavy atom. The highest BCUT2D eigenvalue weighted by Gasteiger charge is 2.08. The molecule has 0 aliphatic heterocycles. The smallest absolute Gasteiger partial charge is 0.0649 e. The van der Waals surface area contributed by atoms with E-state index in [1.807, 2.05) is 12.3 Å². The summed E-state index contributed by atoms with van der Waals surface area (Å²) in [5.41, 5.74) is 9.16. The number of rotatable bonds is 3. The van der Waals surface area contributed by atoms with Crippen LogP contribution in [0.15, 0.2) is 18.3 Å². The number of aromatic nitrogens is 1. The molecule has 0 aliphatic rings. The lowest BCUT2D eigenvalue weighted by Crippen LogP contribution is -2.01. The Morgan fingerprint density at radius 2 is 2.27 bits per heavy atom. The van der Waals surface area contributed by atoms with E-state index in [9.17, 15) is 0 Å². The lowest BCUT2D eigenvalue weighted by molar-refractivity contribution is 0.829. The Bertz CT molecular complexity index is 474. The van der Waals surface area contributed by atoms with Crippen LogP contribution in [-0.2, 0) is 6.42 Å². The molecule has 0 atom stereocenters. The maximum absolute atomic E-state index is 6.19. The van der Waals surface area contributed by atoms with Crippen molar-refractivity contribution in [3.63, 3.8) is 0 Å². The van der Waals surface area contributed by atoms with Crippen molar-refractivity contribution in [1.82, 2.24) is 4.98 Å². The van der Waals surface area contributed by atoms with Crippen LogP contribution in [-0.4, -0.2) is 11.5 Å². The molecule has 0 saturated carbocycles. The maximum atomic E-state index is 6.19. The summed E-state index contributed by atoms with van der Waals surface area (Å²) in [6, 6.07) is 4.12. The van der Waals surface area contributed by atoms with Gasteiger partial charge in [0.1, 0.15) is 0 Å². The number of H-pyrrole nitrogens is 1. The molecule has 80 valence electrons. The van der Waals surface area contributed by atoms with E-state index in [2.05, 4.69) is 18.0 Å². The predicted molar refractivity (Wildman–Crippen MR) is 65.4 cm³/mol. The fourth-order valence-electron chi connectivity index (χ4n) is 1.94. The third kappa shape index (κ3) is 1.87. The molecule has 1 heterocycles. The molecule has 0 aliphatic carbocycles. The van der Waals surface area contributed by atoms with Crippen molar-refractivity contribution in [3.8, 4) is 0 Å². The molecule has 0 radical (unpaired) electrons. The Hall–Kier alpha value is -0.990. The zero-order valence-corrected chi connectivity index (χ0v) is 9.56. The summed E-state index contributed by atoms with van der Waals surface area (Å²) < 4.78 is 0. The third-order valence-electron chi connectivity index (χ3n) is 2.82. The second kappa shape index (κ2) is 4.25. The van der Waals surface area contributed by atoms with Crippen molar-refractivity contribution in [3.05, 3.63) is 34.5 Å². The van der Waals surface area contributed by atoms with Crippen LogP contribution in [0.3, 0.4) is 0 Å². The quantitative estimate of drug-likeness (QED) is 0.824. The topological polar surface area (TPSA) is 41.8 Å². The fraction of sp³-hybridized carbons (Fsp3) is 0.333. The summed E-state index contributed by atoms with van der Waals surface area (Å²) in [4.78, 5) is 3.16. The number of hydrogen-bond donors (Lipinski definition) is 2. The monoisotopic (exact) mass is 222 g/mol. The number of benzene rings is 1. The summed E-state index contributed by atoms with van der Waals surface area (Å²) in [5, 5.41) is 2.02. The number of fused-ring (bicyclic) bond motifs is 1. The van der Waals surface area contributed by atoms with Crippen LogP contribution in [0, 0.1) is 6.92 Å². The molecule has 2 aromatic rings. The van der Waals surface area contributed by atoms with Crippen molar-refractivity contribution in [2.24, 2.45) is 5.73 Å². The highest BCUT2D eigenvalue weighted by atomic mass is 35.5. The standard InChI is InChI=1S/C12H15ClN2/c1-8-9(3-2-5-14)7-11(13)12-10(8)4-6-15-12/h4,6-7,15H,2-3,5,14H2,1H3. The first-order valence-electron chi connectivity index (χ1n) is 5.19. The van der Waals surface area contributed by atoms with Gasteiger partial charge in [0.15, 0.2) is 0 Å². The van der Waals surface area contributed by atoms with E-state index >= 15 is 0 Å². The first-order valence-corrected chi connectivity index (χ1v) is 5.57. The van der Waals surface area contributed by atoms with Gasteiger partial charge < -0.3 is 10.7 Å². The maximum Gasteiger partial charge on any atom is 0.0649 e. The van der Waals surface area contributed by atoms with E-state index in [4.69, 9.17) is 17.3 Å². The lowest BCUT2D eigenvalue weighted by Gasteiger charge is -2.08. The summed E-state index contributed by atoms with van der Waals surface area (Å²) >= 11 is 6.19. The van der Waals surface area contributed by atoms with Gasteiger partial charge in [-0.2, -0.15) is 0 Å². The van der Waals surface area contributed by atoms with Crippen molar-refractivity contribution in [2.75, 3.05) is 6.54 Å². The number of nitrogens with one attached hydrogen (secondary N) is 1. The molecule has 0 amide bonds. The molecular weight excluding hydrogens is 208 g/mol. The second-order valence-electron chi connectivity index (χ2n) is 3.80. The van der Waals surface area contributed by atoms with Gasteiger partial charge in [-0.1, -0.05) is 11.6 Å². The molecule has 0 fully saturated rings. The van der Waals surface area contributed by atoms with Crippen LogP contribution in [0.5, 0.6) is 0 Å². The van der Waals surface area contributed by atoms with Crippen LogP contribution in [0.4, 0.5) is 0 Å². The SMILES string of the molecule is Cc1c(CCCN)cc(Cl)c2[nH]ccc12. The number of aryl methyl sites for hydroxylation is 2. The molecule has 2 nitrogen and oxygen atoms in total. The molecule has 2 rings (SSSR count). The van der Waals surface area contributed by atoms with E-state index in [1.54, 1.807) is 0 Å². The van der Waals surface area contributed by atoms with Crippen LogP contribution in [0.2, 0.25) is 5.02 Å². The van der Waals surface area contributed by atoms with Crippen LogP contribution in [0.25, 0.3) is 10.9 Å². The van der Waals surface area contributed by atoms with Gasteiger partial charge in [-0.15, -0.1) is 0 Å². The molecule has 1 aromatic heterocycles. The van der Waals surface area contributed by atoms with Crippen molar-refractivity contribution in [2.45, 2.75) is 19.8 Å². The van der Waals surface area contributed by atoms with Gasteiger partial charge in [-0.25, -0.2) is 0 Å². The number of halogens is 1. The average Bonchev–Trinajstić information content (AvgIpc) is 2.70. The Labute approximate surface area is 94.4 Å². The lowest BCUT2D eigenvalue weighted by atomic mass is 10.0. The van der Waals surface area contributed by atoms with E-state index in [0.29, 0.717) is 0 Å². The number of hydrogen-bond acceptors (Lipinski definition) is 1. The summed E-state index contributed by atoms with van der Waals surface area (Å²) in [7, 11) is 0. The average molecular weight is 223 g/mol. The van der Waals surface area contributed by atoms with E-state index in [1.165, 1.54) is 16.5 Å². The van der Waals surface area contributed by atoms with Crippen molar-refractivity contribution >= 4 is 22.5 Å². The van der Waals surface area contributed by atoms with Crippen LogP contribution < -0.4 is 5.73 Å².